The van der Waals surface area contributed by atoms with E-state index in [1.165, 1.54) is 12.1 Å². The Hall–Kier alpha value is -1.87. The Morgan fingerprint density at radius 1 is 1.11 bits per heavy atom. The van der Waals surface area contributed by atoms with Crippen molar-refractivity contribution in [2.24, 2.45) is 0 Å². The molecule has 0 atom stereocenters. The van der Waals surface area contributed by atoms with E-state index in [2.05, 4.69) is 19.1 Å². The van der Waals surface area contributed by atoms with Crippen LogP contribution in [-0.4, -0.2) is 6.61 Å². The van der Waals surface area contributed by atoms with Gasteiger partial charge in [-0.1, -0.05) is 18.2 Å². The van der Waals surface area contributed by atoms with E-state index in [1.54, 1.807) is 17.4 Å². The Morgan fingerprint density at radius 3 is 2.84 bits per heavy atom. The molecule has 19 heavy (non-hydrogen) atoms. The van der Waals surface area contributed by atoms with Gasteiger partial charge in [-0.25, -0.2) is 4.39 Å². The number of fused-ring (bicyclic) bond motifs is 1. The van der Waals surface area contributed by atoms with Crippen molar-refractivity contribution in [3.63, 3.8) is 0 Å². The van der Waals surface area contributed by atoms with Gasteiger partial charge >= 0.3 is 0 Å². The van der Waals surface area contributed by atoms with Crippen LogP contribution >= 0.6 is 11.3 Å². The molecular formula is C16H12FOS. The Kier molecular flexibility index (Phi) is 3.22. The third-order valence-electron chi connectivity index (χ3n) is 2.97. The summed E-state index contributed by atoms with van der Waals surface area (Å²) in [5.41, 5.74) is 1.77. The Bertz CT molecular complexity index is 718. The molecule has 0 aliphatic heterocycles. The van der Waals surface area contributed by atoms with E-state index in [9.17, 15) is 4.39 Å². The molecule has 0 fully saturated rings. The maximum Gasteiger partial charge on any atom is 0.127 e. The predicted octanol–water partition coefficient (Wildman–Crippen LogP) is 4.92. The fourth-order valence-electron chi connectivity index (χ4n) is 2.15. The summed E-state index contributed by atoms with van der Waals surface area (Å²) in [5, 5.41) is 3.20. The lowest BCUT2D eigenvalue weighted by Gasteiger charge is -2.11. The van der Waals surface area contributed by atoms with Crippen LogP contribution in [0.3, 0.4) is 0 Å². The SMILES string of the molecule is [CH2]COc1ccc(F)cc1-c1cccc2ccsc12. The van der Waals surface area contributed by atoms with Crippen molar-refractivity contribution < 1.29 is 9.13 Å². The van der Waals surface area contributed by atoms with Gasteiger partial charge in [-0.15, -0.1) is 11.3 Å². The number of hydrogen-bond acceptors (Lipinski definition) is 2. The van der Waals surface area contributed by atoms with E-state index in [4.69, 9.17) is 4.74 Å². The first-order valence-electron chi connectivity index (χ1n) is 5.98. The molecule has 0 N–H and O–H groups in total. The molecule has 0 amide bonds. The normalized spacial score (nSPS) is 10.8. The van der Waals surface area contributed by atoms with E-state index in [-0.39, 0.29) is 5.82 Å². The van der Waals surface area contributed by atoms with Crippen molar-refractivity contribution in [1.29, 1.82) is 0 Å². The van der Waals surface area contributed by atoms with Crippen molar-refractivity contribution >= 4 is 21.4 Å². The first-order valence-corrected chi connectivity index (χ1v) is 6.86. The van der Waals surface area contributed by atoms with E-state index >= 15 is 0 Å². The fraction of sp³-hybridized carbons (Fsp3) is 0.0625. The van der Waals surface area contributed by atoms with Crippen LogP contribution in [0.1, 0.15) is 0 Å². The van der Waals surface area contributed by atoms with Gasteiger partial charge in [-0.3, -0.25) is 0 Å². The molecule has 1 nitrogen and oxygen atoms in total. The van der Waals surface area contributed by atoms with Gasteiger partial charge in [0.25, 0.3) is 0 Å². The zero-order valence-electron chi connectivity index (χ0n) is 10.2. The lowest BCUT2D eigenvalue weighted by molar-refractivity contribution is 0.362. The maximum atomic E-state index is 13.5. The zero-order valence-corrected chi connectivity index (χ0v) is 11.0. The molecule has 3 rings (SSSR count). The largest absolute Gasteiger partial charge is 0.493 e. The summed E-state index contributed by atoms with van der Waals surface area (Å²) < 4.78 is 20.2. The molecule has 3 heteroatoms. The molecule has 0 aliphatic carbocycles. The summed E-state index contributed by atoms with van der Waals surface area (Å²) in [5.74, 6) is 0.400. The van der Waals surface area contributed by atoms with Crippen LogP contribution in [0.2, 0.25) is 0 Å². The molecule has 0 saturated heterocycles. The lowest BCUT2D eigenvalue weighted by Crippen LogP contribution is -1.95. The van der Waals surface area contributed by atoms with Gasteiger partial charge < -0.3 is 4.74 Å². The quantitative estimate of drug-likeness (QED) is 0.657. The summed E-state index contributed by atoms with van der Waals surface area (Å²) >= 11 is 1.65. The monoisotopic (exact) mass is 271 g/mol. The first kappa shape index (κ1) is 12.2. The second-order valence-electron chi connectivity index (χ2n) is 4.13. The molecule has 3 aromatic rings. The fourth-order valence-corrected chi connectivity index (χ4v) is 3.08. The Balaban J connectivity index is 2.25. The number of benzene rings is 2. The van der Waals surface area contributed by atoms with E-state index in [0.717, 1.165) is 21.2 Å². The van der Waals surface area contributed by atoms with E-state index in [1.807, 2.05) is 17.5 Å². The highest BCUT2D eigenvalue weighted by atomic mass is 32.1. The van der Waals surface area contributed by atoms with Crippen LogP contribution in [-0.2, 0) is 0 Å². The molecule has 2 aromatic carbocycles. The van der Waals surface area contributed by atoms with Crippen molar-refractivity contribution in [3.05, 3.63) is 60.6 Å². The molecule has 1 radical (unpaired) electrons. The Labute approximate surface area is 115 Å². The molecule has 0 saturated carbocycles. The molecule has 95 valence electrons. The maximum absolute atomic E-state index is 13.5. The zero-order chi connectivity index (χ0) is 13.2. The number of halogens is 1. The summed E-state index contributed by atoms with van der Waals surface area (Å²) in [6.45, 7) is 4.00. The minimum atomic E-state index is -0.264. The highest BCUT2D eigenvalue weighted by molar-refractivity contribution is 7.17. The van der Waals surface area contributed by atoms with Crippen LogP contribution in [0.5, 0.6) is 5.75 Å². The summed E-state index contributed by atoms with van der Waals surface area (Å²) in [6.07, 6.45) is 0. The smallest absolute Gasteiger partial charge is 0.127 e. The second kappa shape index (κ2) is 5.02. The first-order chi connectivity index (χ1) is 9.29. The highest BCUT2D eigenvalue weighted by Gasteiger charge is 2.11. The summed E-state index contributed by atoms with van der Waals surface area (Å²) in [6, 6.07) is 12.7. The molecule has 0 spiro atoms. The van der Waals surface area contributed by atoms with Crippen molar-refractivity contribution in [2.45, 2.75) is 0 Å². The lowest BCUT2D eigenvalue weighted by atomic mass is 10.0. The molecule has 1 aromatic heterocycles. The van der Waals surface area contributed by atoms with Crippen LogP contribution in [0.4, 0.5) is 4.39 Å². The molecule has 0 aliphatic rings. The van der Waals surface area contributed by atoms with Crippen molar-refractivity contribution in [1.82, 2.24) is 0 Å². The topological polar surface area (TPSA) is 9.23 Å². The average molecular weight is 271 g/mol. The van der Waals surface area contributed by atoms with Gasteiger partial charge in [0.05, 0.1) is 6.61 Å². The van der Waals surface area contributed by atoms with Gasteiger partial charge in [-0.2, -0.15) is 0 Å². The van der Waals surface area contributed by atoms with E-state index in [0.29, 0.717) is 12.4 Å². The number of hydrogen-bond donors (Lipinski definition) is 0. The minimum absolute atomic E-state index is 0.264. The van der Waals surface area contributed by atoms with Crippen LogP contribution in [0, 0.1) is 12.7 Å². The van der Waals surface area contributed by atoms with E-state index < -0.39 is 0 Å². The predicted molar refractivity (Wildman–Crippen MR) is 78.1 cm³/mol. The number of ether oxygens (including phenoxy) is 1. The van der Waals surface area contributed by atoms with Crippen molar-refractivity contribution in [2.75, 3.05) is 6.61 Å². The van der Waals surface area contributed by atoms with Gasteiger partial charge in [0.1, 0.15) is 11.6 Å². The molecule has 0 unspecified atom stereocenters. The number of thiophene rings is 1. The highest BCUT2D eigenvalue weighted by Crippen LogP contribution is 2.37. The standard InChI is InChI=1S/C16H12FOS/c1-2-18-15-7-6-12(17)10-14(15)13-5-3-4-11-8-9-19-16(11)13/h3-10H,1-2H2. The summed E-state index contributed by atoms with van der Waals surface area (Å²) in [7, 11) is 0. The minimum Gasteiger partial charge on any atom is -0.493 e. The number of rotatable bonds is 3. The molecule has 1 heterocycles. The van der Waals surface area contributed by atoms with Crippen LogP contribution < -0.4 is 4.74 Å². The third-order valence-corrected chi connectivity index (χ3v) is 3.93. The van der Waals surface area contributed by atoms with Gasteiger partial charge in [0.2, 0.25) is 0 Å². The van der Waals surface area contributed by atoms with Gasteiger partial charge in [0.15, 0.2) is 0 Å². The van der Waals surface area contributed by atoms with Gasteiger partial charge in [0, 0.05) is 15.8 Å². The third kappa shape index (κ3) is 2.22. The van der Waals surface area contributed by atoms with Gasteiger partial charge in [-0.05, 0) is 42.0 Å². The second-order valence-corrected chi connectivity index (χ2v) is 5.05. The summed E-state index contributed by atoms with van der Waals surface area (Å²) in [4.78, 5) is 0. The van der Waals surface area contributed by atoms with Crippen LogP contribution in [0.15, 0.2) is 47.8 Å². The van der Waals surface area contributed by atoms with Crippen molar-refractivity contribution in [3.8, 4) is 16.9 Å². The Morgan fingerprint density at radius 2 is 2.00 bits per heavy atom. The molecular weight excluding hydrogens is 259 g/mol. The molecule has 0 bridgehead atoms. The van der Waals surface area contributed by atoms with Crippen LogP contribution in [0.25, 0.3) is 21.2 Å². The average Bonchev–Trinajstić information content (AvgIpc) is 2.89.